The van der Waals surface area contributed by atoms with Crippen LogP contribution in [0.25, 0.3) is 0 Å². The Bertz CT molecular complexity index is 589. The van der Waals surface area contributed by atoms with Crippen molar-refractivity contribution in [3.63, 3.8) is 0 Å². The molecule has 1 atom stereocenters. The zero-order valence-corrected chi connectivity index (χ0v) is 11.8. The van der Waals surface area contributed by atoms with Gasteiger partial charge >= 0.3 is 6.18 Å². The van der Waals surface area contributed by atoms with Gasteiger partial charge in [0, 0.05) is 18.9 Å². The Morgan fingerprint density at radius 1 is 1.24 bits per heavy atom. The zero-order chi connectivity index (χ0) is 15.5. The molecule has 2 rings (SSSR count). The fourth-order valence-electron chi connectivity index (χ4n) is 2.25. The Balaban J connectivity index is 2.12. The van der Waals surface area contributed by atoms with Crippen LogP contribution in [0, 0.1) is 0 Å². The molecule has 0 saturated carbocycles. The SMILES string of the molecule is CCCC(O)c1ccn(Cc2cccc(C(F)(F)F)c2)c1. The molecule has 0 aliphatic heterocycles. The summed E-state index contributed by atoms with van der Waals surface area (Å²) in [7, 11) is 0. The largest absolute Gasteiger partial charge is 0.416 e. The van der Waals surface area contributed by atoms with Crippen molar-refractivity contribution in [3.8, 4) is 0 Å². The lowest BCUT2D eigenvalue weighted by atomic mass is 10.1. The molecule has 1 heterocycles. The third-order valence-electron chi connectivity index (χ3n) is 3.34. The van der Waals surface area contributed by atoms with Crippen LogP contribution < -0.4 is 0 Å². The smallest absolute Gasteiger partial charge is 0.388 e. The maximum Gasteiger partial charge on any atom is 0.416 e. The molecule has 2 nitrogen and oxygen atoms in total. The molecule has 114 valence electrons. The molecule has 0 spiro atoms. The van der Waals surface area contributed by atoms with E-state index in [9.17, 15) is 18.3 Å². The Hall–Kier alpha value is -1.75. The van der Waals surface area contributed by atoms with Gasteiger partial charge in [-0.3, -0.25) is 0 Å². The van der Waals surface area contributed by atoms with E-state index in [1.54, 1.807) is 29.1 Å². The predicted octanol–water partition coefficient (Wildman–Crippen LogP) is 4.39. The first-order valence-electron chi connectivity index (χ1n) is 6.90. The van der Waals surface area contributed by atoms with E-state index < -0.39 is 17.8 Å². The molecule has 5 heteroatoms. The Morgan fingerprint density at radius 3 is 2.67 bits per heavy atom. The van der Waals surface area contributed by atoms with Gasteiger partial charge < -0.3 is 9.67 Å². The average molecular weight is 297 g/mol. The molecule has 0 aliphatic carbocycles. The van der Waals surface area contributed by atoms with Gasteiger partial charge in [-0.2, -0.15) is 13.2 Å². The van der Waals surface area contributed by atoms with Crippen LogP contribution in [0.4, 0.5) is 13.2 Å². The lowest BCUT2D eigenvalue weighted by Crippen LogP contribution is -2.06. The van der Waals surface area contributed by atoms with Crippen LogP contribution in [0.15, 0.2) is 42.7 Å². The number of aliphatic hydroxyl groups excluding tert-OH is 1. The van der Waals surface area contributed by atoms with Crippen LogP contribution in [0.1, 0.15) is 42.6 Å². The number of benzene rings is 1. The van der Waals surface area contributed by atoms with Gasteiger partial charge in [0.25, 0.3) is 0 Å². The van der Waals surface area contributed by atoms with Gasteiger partial charge in [-0.25, -0.2) is 0 Å². The minimum Gasteiger partial charge on any atom is -0.388 e. The van der Waals surface area contributed by atoms with Crippen molar-refractivity contribution < 1.29 is 18.3 Å². The average Bonchev–Trinajstić information content (AvgIpc) is 2.87. The van der Waals surface area contributed by atoms with Gasteiger partial charge in [0.15, 0.2) is 0 Å². The topological polar surface area (TPSA) is 25.2 Å². The summed E-state index contributed by atoms with van der Waals surface area (Å²) in [5.41, 5.74) is 0.735. The molecule has 0 amide bonds. The van der Waals surface area contributed by atoms with E-state index in [0.717, 1.165) is 24.1 Å². The molecule has 1 unspecified atom stereocenters. The van der Waals surface area contributed by atoms with Gasteiger partial charge in [0.05, 0.1) is 11.7 Å². The summed E-state index contributed by atoms with van der Waals surface area (Å²) in [6, 6.07) is 7.09. The Labute approximate surface area is 121 Å². The van der Waals surface area contributed by atoms with E-state index >= 15 is 0 Å². The highest BCUT2D eigenvalue weighted by molar-refractivity contribution is 5.26. The van der Waals surface area contributed by atoms with E-state index in [1.807, 2.05) is 6.92 Å². The third kappa shape index (κ3) is 4.11. The van der Waals surface area contributed by atoms with E-state index in [0.29, 0.717) is 18.5 Å². The molecule has 21 heavy (non-hydrogen) atoms. The molecule has 2 aromatic rings. The number of rotatable bonds is 5. The van der Waals surface area contributed by atoms with E-state index in [1.165, 1.54) is 6.07 Å². The Morgan fingerprint density at radius 2 is 2.00 bits per heavy atom. The highest BCUT2D eigenvalue weighted by Gasteiger charge is 2.30. The van der Waals surface area contributed by atoms with Crippen LogP contribution in [-0.4, -0.2) is 9.67 Å². The van der Waals surface area contributed by atoms with Crippen LogP contribution in [-0.2, 0) is 12.7 Å². The first-order chi connectivity index (χ1) is 9.90. The van der Waals surface area contributed by atoms with Gasteiger partial charge in [-0.05, 0) is 35.7 Å². The second kappa shape index (κ2) is 6.35. The summed E-state index contributed by atoms with van der Waals surface area (Å²) in [5, 5.41) is 9.89. The molecule has 0 bridgehead atoms. The molecule has 1 N–H and O–H groups in total. The number of halogens is 3. The minimum absolute atomic E-state index is 0.350. The highest BCUT2D eigenvalue weighted by atomic mass is 19.4. The summed E-state index contributed by atoms with van der Waals surface area (Å²) in [6.07, 6.45) is 0.260. The van der Waals surface area contributed by atoms with Crippen molar-refractivity contribution in [2.75, 3.05) is 0 Å². The van der Waals surface area contributed by atoms with E-state index in [-0.39, 0.29) is 0 Å². The molecule has 1 aromatic heterocycles. The standard InChI is InChI=1S/C16H18F3NO/c1-2-4-15(21)13-7-8-20(11-13)10-12-5-3-6-14(9-12)16(17,18)19/h3,5-9,11,15,21H,2,4,10H2,1H3. The molecular formula is C16H18F3NO. The van der Waals surface area contributed by atoms with Gasteiger partial charge in [0.2, 0.25) is 0 Å². The lowest BCUT2D eigenvalue weighted by Gasteiger charge is -2.10. The molecule has 0 saturated heterocycles. The quantitative estimate of drug-likeness (QED) is 0.870. The van der Waals surface area contributed by atoms with Crippen molar-refractivity contribution in [3.05, 3.63) is 59.4 Å². The second-order valence-electron chi connectivity index (χ2n) is 5.12. The van der Waals surface area contributed by atoms with Crippen molar-refractivity contribution in [2.24, 2.45) is 0 Å². The zero-order valence-electron chi connectivity index (χ0n) is 11.8. The molecule has 1 aromatic carbocycles. The number of aromatic nitrogens is 1. The second-order valence-corrected chi connectivity index (χ2v) is 5.12. The fourth-order valence-corrected chi connectivity index (χ4v) is 2.25. The first kappa shape index (κ1) is 15.6. The van der Waals surface area contributed by atoms with Crippen LogP contribution in [0.5, 0.6) is 0 Å². The molecule has 0 radical (unpaired) electrons. The fraction of sp³-hybridized carbons (Fsp3) is 0.375. The van der Waals surface area contributed by atoms with Crippen LogP contribution in [0.3, 0.4) is 0 Å². The lowest BCUT2D eigenvalue weighted by molar-refractivity contribution is -0.137. The predicted molar refractivity (Wildman–Crippen MR) is 74.8 cm³/mol. The van der Waals surface area contributed by atoms with Gasteiger partial charge in [-0.15, -0.1) is 0 Å². The number of aliphatic hydroxyl groups is 1. The van der Waals surface area contributed by atoms with Crippen molar-refractivity contribution >= 4 is 0 Å². The third-order valence-corrected chi connectivity index (χ3v) is 3.34. The van der Waals surface area contributed by atoms with Gasteiger partial charge in [-0.1, -0.05) is 25.5 Å². The number of alkyl halides is 3. The van der Waals surface area contributed by atoms with Crippen LogP contribution >= 0.6 is 0 Å². The monoisotopic (exact) mass is 297 g/mol. The van der Waals surface area contributed by atoms with E-state index in [2.05, 4.69) is 0 Å². The number of hydrogen-bond acceptors (Lipinski definition) is 1. The number of nitrogens with zero attached hydrogens (tertiary/aromatic N) is 1. The highest BCUT2D eigenvalue weighted by Crippen LogP contribution is 2.29. The first-order valence-corrected chi connectivity index (χ1v) is 6.90. The summed E-state index contributed by atoms with van der Waals surface area (Å²) in [4.78, 5) is 0. The number of hydrogen-bond donors (Lipinski definition) is 1. The minimum atomic E-state index is -4.32. The molecular weight excluding hydrogens is 279 g/mol. The van der Waals surface area contributed by atoms with E-state index in [4.69, 9.17) is 0 Å². The van der Waals surface area contributed by atoms with Crippen LogP contribution in [0.2, 0.25) is 0 Å². The van der Waals surface area contributed by atoms with Crippen molar-refractivity contribution in [1.29, 1.82) is 0 Å². The summed E-state index contributed by atoms with van der Waals surface area (Å²) in [6.45, 7) is 2.34. The maximum absolute atomic E-state index is 12.7. The maximum atomic E-state index is 12.7. The normalized spacial score (nSPS) is 13.4. The summed E-state index contributed by atoms with van der Waals surface area (Å²) in [5.74, 6) is 0. The Kier molecular flexibility index (Phi) is 4.73. The van der Waals surface area contributed by atoms with Gasteiger partial charge in [0.1, 0.15) is 0 Å². The van der Waals surface area contributed by atoms with Crippen molar-refractivity contribution in [1.82, 2.24) is 4.57 Å². The summed E-state index contributed by atoms with van der Waals surface area (Å²) >= 11 is 0. The summed E-state index contributed by atoms with van der Waals surface area (Å²) < 4.78 is 39.8. The van der Waals surface area contributed by atoms with Crippen molar-refractivity contribution in [2.45, 2.75) is 38.6 Å². The molecule has 0 fully saturated rings. The molecule has 0 aliphatic rings.